The van der Waals surface area contributed by atoms with Crippen LogP contribution in [0.5, 0.6) is 0 Å². The summed E-state index contributed by atoms with van der Waals surface area (Å²) in [5, 5.41) is 3.65. The highest BCUT2D eigenvalue weighted by Crippen LogP contribution is 2.34. The topological polar surface area (TPSA) is 21.3 Å². The molecule has 1 aliphatic rings. The Morgan fingerprint density at radius 1 is 1.40 bits per heavy atom. The Hall–Kier alpha value is -0.0800. The highest BCUT2D eigenvalue weighted by Gasteiger charge is 2.24. The predicted molar refractivity (Wildman–Crippen MR) is 65.1 cm³/mol. The molecule has 1 fully saturated rings. The van der Waals surface area contributed by atoms with Crippen LogP contribution in [0.25, 0.3) is 0 Å². The van der Waals surface area contributed by atoms with Crippen molar-refractivity contribution in [2.75, 3.05) is 13.7 Å². The van der Waals surface area contributed by atoms with Gasteiger partial charge in [0.1, 0.15) is 0 Å². The minimum atomic E-state index is 0.0187. The van der Waals surface area contributed by atoms with E-state index in [0.717, 1.165) is 24.9 Å². The number of nitrogens with one attached hydrogen (secondary N) is 1. The first-order chi connectivity index (χ1) is 7.07. The number of rotatable bonds is 8. The minimum Gasteiger partial charge on any atom is -0.379 e. The SMILES string of the molecule is CCC(CC1CC1)NCCC(C)(C)OC. The Morgan fingerprint density at radius 3 is 2.53 bits per heavy atom. The van der Waals surface area contributed by atoms with Crippen molar-refractivity contribution in [1.82, 2.24) is 5.32 Å². The molecule has 0 aliphatic heterocycles. The maximum atomic E-state index is 5.41. The maximum Gasteiger partial charge on any atom is 0.0634 e. The standard InChI is InChI=1S/C13H27NO/c1-5-12(10-11-6-7-11)14-9-8-13(2,3)15-4/h11-12,14H,5-10H2,1-4H3. The van der Waals surface area contributed by atoms with Crippen LogP contribution in [0.15, 0.2) is 0 Å². The van der Waals surface area contributed by atoms with Gasteiger partial charge < -0.3 is 10.1 Å². The Bertz CT molecular complexity index is 175. The molecule has 0 bridgehead atoms. The lowest BCUT2D eigenvalue weighted by atomic mass is 10.0. The summed E-state index contributed by atoms with van der Waals surface area (Å²) in [5.41, 5.74) is 0.0187. The summed E-state index contributed by atoms with van der Waals surface area (Å²) in [6, 6.07) is 0.727. The van der Waals surface area contributed by atoms with Crippen LogP contribution >= 0.6 is 0 Å². The molecular formula is C13H27NO. The minimum absolute atomic E-state index is 0.0187. The van der Waals surface area contributed by atoms with Crippen LogP contribution < -0.4 is 5.32 Å². The van der Waals surface area contributed by atoms with Gasteiger partial charge in [-0.3, -0.25) is 0 Å². The van der Waals surface area contributed by atoms with Crippen molar-refractivity contribution in [2.45, 2.75) is 64.5 Å². The lowest BCUT2D eigenvalue weighted by Gasteiger charge is -2.25. The van der Waals surface area contributed by atoms with E-state index in [-0.39, 0.29) is 5.60 Å². The van der Waals surface area contributed by atoms with Gasteiger partial charge in [0, 0.05) is 13.2 Å². The molecule has 0 spiro atoms. The third-order valence-electron chi connectivity index (χ3n) is 3.52. The van der Waals surface area contributed by atoms with Gasteiger partial charge >= 0.3 is 0 Å². The number of ether oxygens (including phenoxy) is 1. The van der Waals surface area contributed by atoms with E-state index in [4.69, 9.17) is 4.74 Å². The molecular weight excluding hydrogens is 186 g/mol. The molecule has 0 aromatic heterocycles. The molecule has 1 aliphatic carbocycles. The number of hydrogen-bond acceptors (Lipinski definition) is 2. The zero-order valence-electron chi connectivity index (χ0n) is 10.8. The molecule has 0 amide bonds. The van der Waals surface area contributed by atoms with Crippen molar-refractivity contribution >= 4 is 0 Å². The van der Waals surface area contributed by atoms with Crippen LogP contribution in [0, 0.1) is 5.92 Å². The maximum absolute atomic E-state index is 5.41. The van der Waals surface area contributed by atoms with E-state index in [1.165, 1.54) is 25.7 Å². The van der Waals surface area contributed by atoms with Gasteiger partial charge in [0.25, 0.3) is 0 Å². The van der Waals surface area contributed by atoms with Gasteiger partial charge in [0.05, 0.1) is 5.60 Å². The summed E-state index contributed by atoms with van der Waals surface area (Å²) in [6.07, 6.45) is 6.64. The molecule has 0 aromatic carbocycles. The second-order valence-corrected chi connectivity index (χ2v) is 5.45. The molecule has 0 saturated heterocycles. The number of methoxy groups -OCH3 is 1. The summed E-state index contributed by atoms with van der Waals surface area (Å²) in [7, 11) is 1.79. The third-order valence-corrected chi connectivity index (χ3v) is 3.52. The van der Waals surface area contributed by atoms with Gasteiger partial charge in [-0.2, -0.15) is 0 Å². The van der Waals surface area contributed by atoms with Crippen molar-refractivity contribution in [3.05, 3.63) is 0 Å². The molecule has 90 valence electrons. The molecule has 2 nitrogen and oxygen atoms in total. The van der Waals surface area contributed by atoms with Crippen molar-refractivity contribution in [3.63, 3.8) is 0 Å². The summed E-state index contributed by atoms with van der Waals surface area (Å²) in [4.78, 5) is 0. The molecule has 1 saturated carbocycles. The smallest absolute Gasteiger partial charge is 0.0634 e. The first kappa shape index (κ1) is 13.0. The average molecular weight is 213 g/mol. The van der Waals surface area contributed by atoms with E-state index in [0.29, 0.717) is 0 Å². The van der Waals surface area contributed by atoms with Gasteiger partial charge in [-0.1, -0.05) is 19.8 Å². The Balaban J connectivity index is 2.10. The monoisotopic (exact) mass is 213 g/mol. The van der Waals surface area contributed by atoms with Crippen LogP contribution in [0.3, 0.4) is 0 Å². The summed E-state index contributed by atoms with van der Waals surface area (Å²) in [6.45, 7) is 7.65. The fourth-order valence-electron chi connectivity index (χ4n) is 1.83. The molecule has 2 heteroatoms. The molecule has 1 atom stereocenters. The second-order valence-electron chi connectivity index (χ2n) is 5.45. The van der Waals surface area contributed by atoms with Crippen molar-refractivity contribution in [3.8, 4) is 0 Å². The van der Waals surface area contributed by atoms with E-state index in [1.807, 2.05) is 0 Å². The fraction of sp³-hybridized carbons (Fsp3) is 1.00. The third kappa shape index (κ3) is 5.53. The predicted octanol–water partition coefficient (Wildman–Crippen LogP) is 2.97. The molecule has 15 heavy (non-hydrogen) atoms. The van der Waals surface area contributed by atoms with Gasteiger partial charge in [-0.15, -0.1) is 0 Å². The zero-order valence-corrected chi connectivity index (χ0v) is 10.8. The molecule has 1 unspecified atom stereocenters. The molecule has 0 radical (unpaired) electrons. The number of hydrogen-bond donors (Lipinski definition) is 1. The van der Waals surface area contributed by atoms with Gasteiger partial charge in [0.2, 0.25) is 0 Å². The highest BCUT2D eigenvalue weighted by molar-refractivity contribution is 4.80. The largest absolute Gasteiger partial charge is 0.379 e. The van der Waals surface area contributed by atoms with Crippen molar-refractivity contribution < 1.29 is 4.74 Å². The van der Waals surface area contributed by atoms with Crippen LogP contribution in [0.2, 0.25) is 0 Å². The Kier molecular flexibility index (Phi) is 5.07. The van der Waals surface area contributed by atoms with Crippen molar-refractivity contribution in [2.24, 2.45) is 5.92 Å². The van der Waals surface area contributed by atoms with Crippen LogP contribution in [0.4, 0.5) is 0 Å². The summed E-state index contributed by atoms with van der Waals surface area (Å²) in [5.74, 6) is 1.03. The van der Waals surface area contributed by atoms with Crippen LogP contribution in [-0.4, -0.2) is 25.3 Å². The normalized spacial score (nSPS) is 19.2. The lowest BCUT2D eigenvalue weighted by molar-refractivity contribution is 0.0152. The first-order valence-corrected chi connectivity index (χ1v) is 6.36. The van der Waals surface area contributed by atoms with Crippen molar-refractivity contribution in [1.29, 1.82) is 0 Å². The Labute approximate surface area is 94.8 Å². The second kappa shape index (κ2) is 5.86. The van der Waals surface area contributed by atoms with E-state index < -0.39 is 0 Å². The fourth-order valence-corrected chi connectivity index (χ4v) is 1.83. The highest BCUT2D eigenvalue weighted by atomic mass is 16.5. The summed E-state index contributed by atoms with van der Waals surface area (Å²) < 4.78 is 5.41. The van der Waals surface area contributed by atoms with E-state index in [9.17, 15) is 0 Å². The van der Waals surface area contributed by atoms with Crippen LogP contribution in [0.1, 0.15) is 52.9 Å². The van der Waals surface area contributed by atoms with Gasteiger partial charge in [-0.05, 0) is 45.6 Å². The first-order valence-electron chi connectivity index (χ1n) is 6.36. The molecule has 1 N–H and O–H groups in total. The Morgan fingerprint density at radius 2 is 2.07 bits per heavy atom. The van der Waals surface area contributed by atoms with E-state index >= 15 is 0 Å². The van der Waals surface area contributed by atoms with Crippen LogP contribution in [-0.2, 0) is 4.74 Å². The van der Waals surface area contributed by atoms with Gasteiger partial charge in [-0.25, -0.2) is 0 Å². The molecule has 0 heterocycles. The lowest BCUT2D eigenvalue weighted by Crippen LogP contribution is -2.34. The van der Waals surface area contributed by atoms with Gasteiger partial charge in [0.15, 0.2) is 0 Å². The molecule has 0 aromatic rings. The van der Waals surface area contributed by atoms with E-state index in [2.05, 4.69) is 26.1 Å². The molecule has 1 rings (SSSR count). The summed E-state index contributed by atoms with van der Waals surface area (Å²) >= 11 is 0. The zero-order chi connectivity index (χ0) is 11.3. The quantitative estimate of drug-likeness (QED) is 0.669. The average Bonchev–Trinajstić information content (AvgIpc) is 3.00. The van der Waals surface area contributed by atoms with E-state index in [1.54, 1.807) is 7.11 Å².